The summed E-state index contributed by atoms with van der Waals surface area (Å²) in [6.07, 6.45) is 1.15. The molecule has 6 heterocycles. The lowest BCUT2D eigenvalue weighted by atomic mass is 10.1. The molecule has 3 aliphatic rings. The first-order chi connectivity index (χ1) is 21.7. The number of rotatable bonds is 6. The van der Waals surface area contributed by atoms with E-state index in [0.717, 1.165) is 22.8 Å². The molecule has 1 fully saturated rings. The summed E-state index contributed by atoms with van der Waals surface area (Å²) in [4.78, 5) is 53.8. The molecule has 3 aliphatic heterocycles. The van der Waals surface area contributed by atoms with Crippen LogP contribution in [-0.2, 0) is 34.0 Å². The molecule has 45 heavy (non-hydrogen) atoms. The van der Waals surface area contributed by atoms with Gasteiger partial charge in [0.1, 0.15) is 17.8 Å². The Morgan fingerprint density at radius 2 is 1.29 bits per heavy atom. The van der Waals surface area contributed by atoms with E-state index in [0.29, 0.717) is 77.7 Å². The topological polar surface area (TPSA) is 181 Å². The van der Waals surface area contributed by atoms with Crippen molar-refractivity contribution in [3.63, 3.8) is 0 Å². The van der Waals surface area contributed by atoms with Gasteiger partial charge in [0.15, 0.2) is 0 Å². The molecule has 6 bridgehead atoms. The molecule has 0 aliphatic carbocycles. The lowest BCUT2D eigenvalue weighted by Crippen LogP contribution is -2.52. The maximum atomic E-state index is 12.3. The van der Waals surface area contributed by atoms with Gasteiger partial charge in [0.2, 0.25) is 0 Å². The lowest BCUT2D eigenvalue weighted by molar-refractivity contribution is -0.150. The van der Waals surface area contributed by atoms with Gasteiger partial charge in [-0.25, -0.2) is 9.67 Å². The summed E-state index contributed by atoms with van der Waals surface area (Å²) in [6, 6.07) is 9.57. The first kappa shape index (κ1) is 32.1. The van der Waals surface area contributed by atoms with Gasteiger partial charge in [0, 0.05) is 65.4 Å². The van der Waals surface area contributed by atoms with E-state index in [-0.39, 0.29) is 0 Å². The standard InChI is InChI=1S/C30H39N9O6/c1-21(29(42)43)37-12-8-35-10-14-38(26(30(44)45)16-28(40)41)15-11-36(9-13-37)19-23-6-3-7-25(33-23)27-17-31-34-39(27)20-24-5-2-4-22(18-35)32-24/h2-7,17,21,26H,8-16,18-20H2,1H3,(H,40,41)(H,42,43)(H,44,45)/t21-,26-/m1/s1. The Balaban J connectivity index is 1.58. The summed E-state index contributed by atoms with van der Waals surface area (Å²) in [6.45, 7) is 6.33. The van der Waals surface area contributed by atoms with Crippen LogP contribution in [0.15, 0.2) is 42.6 Å². The van der Waals surface area contributed by atoms with Crippen LogP contribution >= 0.6 is 0 Å². The summed E-state index contributed by atoms with van der Waals surface area (Å²) in [5.41, 5.74) is 3.77. The van der Waals surface area contributed by atoms with Crippen molar-refractivity contribution in [3.8, 4) is 11.4 Å². The van der Waals surface area contributed by atoms with E-state index in [2.05, 4.69) is 20.1 Å². The molecule has 3 aromatic rings. The predicted octanol–water partition coefficient (Wildman–Crippen LogP) is 0.420. The van der Waals surface area contributed by atoms with Crippen LogP contribution in [0.1, 0.15) is 30.4 Å². The second kappa shape index (κ2) is 14.6. The third-order valence-corrected chi connectivity index (χ3v) is 8.45. The van der Waals surface area contributed by atoms with Crippen molar-refractivity contribution in [1.29, 1.82) is 0 Å². The van der Waals surface area contributed by atoms with Crippen LogP contribution in [0.2, 0.25) is 0 Å². The van der Waals surface area contributed by atoms with Crippen molar-refractivity contribution >= 4 is 17.9 Å². The van der Waals surface area contributed by atoms with Gasteiger partial charge in [-0.2, -0.15) is 0 Å². The highest BCUT2D eigenvalue weighted by atomic mass is 16.4. The molecule has 6 rings (SSSR count). The van der Waals surface area contributed by atoms with E-state index < -0.39 is 36.4 Å². The third-order valence-electron chi connectivity index (χ3n) is 8.45. The van der Waals surface area contributed by atoms with E-state index in [9.17, 15) is 29.7 Å². The number of aromatic nitrogens is 5. The fourth-order valence-corrected chi connectivity index (χ4v) is 5.84. The molecule has 15 nitrogen and oxygen atoms in total. The van der Waals surface area contributed by atoms with Crippen molar-refractivity contribution in [2.24, 2.45) is 0 Å². The van der Waals surface area contributed by atoms with Gasteiger partial charge in [-0.3, -0.25) is 39.0 Å². The highest BCUT2D eigenvalue weighted by Crippen LogP contribution is 2.19. The number of carboxylic acid groups (broad SMARTS) is 3. The summed E-state index contributed by atoms with van der Waals surface area (Å²) in [5, 5.41) is 37.9. The summed E-state index contributed by atoms with van der Waals surface area (Å²) in [7, 11) is 0. The van der Waals surface area contributed by atoms with Crippen molar-refractivity contribution < 1.29 is 29.7 Å². The normalized spacial score (nSPS) is 21.6. The SMILES string of the molecule is C[C@H](C(=O)O)N1CCN2CCN([C@H](CC(=O)O)C(=O)O)CCN(CC1)Cc1cccc(n1)-c1cnnn1Cc1cccc(n1)C2. The minimum atomic E-state index is -1.20. The average Bonchev–Trinajstić information content (AvgIpc) is 3.46. The third kappa shape index (κ3) is 8.45. The lowest BCUT2D eigenvalue weighted by Gasteiger charge is -2.36. The molecule has 0 spiro atoms. The minimum absolute atomic E-state index is 0.302. The molecule has 0 aromatic carbocycles. The van der Waals surface area contributed by atoms with Gasteiger partial charge in [-0.05, 0) is 31.2 Å². The Kier molecular flexibility index (Phi) is 10.4. The van der Waals surface area contributed by atoms with Crippen LogP contribution < -0.4 is 0 Å². The molecule has 240 valence electrons. The molecule has 3 N–H and O–H groups in total. The van der Waals surface area contributed by atoms with Crippen molar-refractivity contribution in [1.82, 2.24) is 44.6 Å². The molecular weight excluding hydrogens is 582 g/mol. The first-order valence-corrected chi connectivity index (χ1v) is 15.1. The number of carbonyl (C=O) groups is 3. The van der Waals surface area contributed by atoms with Gasteiger partial charge >= 0.3 is 17.9 Å². The highest BCUT2D eigenvalue weighted by molar-refractivity contribution is 5.80. The second-order valence-corrected chi connectivity index (χ2v) is 11.5. The van der Waals surface area contributed by atoms with Crippen molar-refractivity contribution in [3.05, 3.63) is 59.7 Å². The Morgan fingerprint density at radius 3 is 1.87 bits per heavy atom. The Hall–Kier alpha value is -4.31. The predicted molar refractivity (Wildman–Crippen MR) is 161 cm³/mol. The Labute approximate surface area is 260 Å². The smallest absolute Gasteiger partial charge is 0.321 e. The van der Waals surface area contributed by atoms with Crippen molar-refractivity contribution in [2.75, 3.05) is 52.4 Å². The maximum absolute atomic E-state index is 12.3. The zero-order valence-electron chi connectivity index (χ0n) is 25.3. The number of pyridine rings is 2. The Bertz CT molecular complexity index is 1500. The van der Waals surface area contributed by atoms with Crippen LogP contribution in [0.4, 0.5) is 0 Å². The van der Waals surface area contributed by atoms with Crippen LogP contribution in [0.25, 0.3) is 11.4 Å². The van der Waals surface area contributed by atoms with E-state index in [1.807, 2.05) is 41.3 Å². The molecule has 0 amide bonds. The van der Waals surface area contributed by atoms with Crippen LogP contribution in [0, 0.1) is 0 Å². The largest absolute Gasteiger partial charge is 0.481 e. The molecule has 3 aromatic heterocycles. The number of nitrogens with zero attached hydrogens (tertiary/aromatic N) is 9. The molecule has 15 heteroatoms. The van der Waals surface area contributed by atoms with Gasteiger partial charge < -0.3 is 15.3 Å². The quantitative estimate of drug-likeness (QED) is 0.344. The fraction of sp³-hybridized carbons (Fsp3) is 0.500. The van der Waals surface area contributed by atoms with Gasteiger partial charge in [0.25, 0.3) is 0 Å². The van der Waals surface area contributed by atoms with Gasteiger partial charge in [0.05, 0.1) is 41.9 Å². The van der Waals surface area contributed by atoms with E-state index in [4.69, 9.17) is 9.97 Å². The number of fused-ring (bicyclic) bond motifs is 8. The van der Waals surface area contributed by atoms with Crippen molar-refractivity contribution in [2.45, 2.75) is 45.1 Å². The number of hydrogen-bond acceptors (Lipinski definition) is 11. The summed E-state index contributed by atoms with van der Waals surface area (Å²) < 4.78 is 1.78. The monoisotopic (exact) mass is 621 g/mol. The van der Waals surface area contributed by atoms with Crippen LogP contribution in [-0.4, -0.2) is 142 Å². The maximum Gasteiger partial charge on any atom is 0.321 e. The van der Waals surface area contributed by atoms with Gasteiger partial charge in [-0.1, -0.05) is 17.3 Å². The molecular formula is C30H39N9O6. The van der Waals surface area contributed by atoms with E-state index in [1.54, 1.807) is 22.7 Å². The number of hydrogen-bond donors (Lipinski definition) is 3. The Morgan fingerprint density at radius 1 is 0.733 bits per heavy atom. The minimum Gasteiger partial charge on any atom is -0.481 e. The average molecular weight is 622 g/mol. The van der Waals surface area contributed by atoms with Crippen LogP contribution in [0.5, 0.6) is 0 Å². The molecule has 0 radical (unpaired) electrons. The highest BCUT2D eigenvalue weighted by Gasteiger charge is 2.30. The van der Waals surface area contributed by atoms with E-state index in [1.165, 1.54) is 0 Å². The molecule has 4 atom stereocenters. The number of carboxylic acids is 3. The molecule has 2 unspecified atom stereocenters. The zero-order chi connectivity index (χ0) is 31.9. The van der Waals surface area contributed by atoms with E-state index >= 15 is 0 Å². The summed E-state index contributed by atoms with van der Waals surface area (Å²) in [5.74, 6) is -3.26. The zero-order valence-corrected chi connectivity index (χ0v) is 25.3. The van der Waals surface area contributed by atoms with Crippen LogP contribution in [0.3, 0.4) is 0 Å². The number of aliphatic carboxylic acids is 3. The first-order valence-electron chi connectivity index (χ1n) is 15.1. The van der Waals surface area contributed by atoms with Gasteiger partial charge in [-0.15, -0.1) is 5.10 Å². The fourth-order valence-electron chi connectivity index (χ4n) is 5.84. The summed E-state index contributed by atoms with van der Waals surface area (Å²) >= 11 is 0. The molecule has 0 saturated carbocycles. The molecule has 1 saturated heterocycles. The second-order valence-electron chi connectivity index (χ2n) is 11.5.